The van der Waals surface area contributed by atoms with Crippen molar-refractivity contribution in [2.24, 2.45) is 22.2 Å². The average Bonchev–Trinajstić information content (AvgIpc) is 3.53. The van der Waals surface area contributed by atoms with Crippen LogP contribution in [-0.2, 0) is 4.74 Å². The molecule has 3 aliphatic rings. The number of nitrogens with zero attached hydrogens (tertiary/aromatic N) is 3. The maximum atomic E-state index is 12.4. The van der Waals surface area contributed by atoms with E-state index in [0.29, 0.717) is 17.9 Å². The highest BCUT2D eigenvalue weighted by molar-refractivity contribution is 5.80. The lowest BCUT2D eigenvalue weighted by Crippen LogP contribution is -2.49. The van der Waals surface area contributed by atoms with Crippen LogP contribution in [0.15, 0.2) is 4.99 Å². The van der Waals surface area contributed by atoms with Crippen LogP contribution in [0.5, 0.6) is 0 Å². The van der Waals surface area contributed by atoms with E-state index in [-0.39, 0.29) is 6.09 Å². The molecule has 1 heterocycles. The highest BCUT2D eigenvalue weighted by atomic mass is 16.6. The third-order valence-corrected chi connectivity index (χ3v) is 6.57. The molecule has 1 saturated heterocycles. The van der Waals surface area contributed by atoms with Crippen LogP contribution in [0.25, 0.3) is 0 Å². The van der Waals surface area contributed by atoms with Gasteiger partial charge in [0.15, 0.2) is 5.96 Å². The van der Waals surface area contributed by atoms with E-state index < -0.39 is 5.60 Å². The number of aliphatic imine (C=N–C) groups is 1. The Bertz CT molecular complexity index is 568. The van der Waals surface area contributed by atoms with Gasteiger partial charge in [0, 0.05) is 39.8 Å². The summed E-state index contributed by atoms with van der Waals surface area (Å²) >= 11 is 0. The number of piperidine rings is 1. The molecular formula is C22H40N4O2. The predicted octanol–water partition coefficient (Wildman–Crippen LogP) is 3.72. The van der Waals surface area contributed by atoms with Gasteiger partial charge in [-0.05, 0) is 83.5 Å². The van der Waals surface area contributed by atoms with Gasteiger partial charge in [0.1, 0.15) is 5.60 Å². The average molecular weight is 393 g/mol. The zero-order chi connectivity index (χ0) is 20.4. The molecule has 0 aromatic rings. The second kappa shape index (κ2) is 8.50. The van der Waals surface area contributed by atoms with E-state index in [1.165, 1.54) is 25.7 Å². The van der Waals surface area contributed by atoms with Gasteiger partial charge in [-0.15, -0.1) is 0 Å². The molecule has 6 nitrogen and oxygen atoms in total. The number of carbonyl (C=O) groups excluding carboxylic acids is 1. The van der Waals surface area contributed by atoms with E-state index in [1.54, 1.807) is 0 Å². The second-order valence-electron chi connectivity index (χ2n) is 9.99. The van der Waals surface area contributed by atoms with Crippen molar-refractivity contribution in [1.82, 2.24) is 15.1 Å². The molecule has 3 fully saturated rings. The number of ether oxygens (including phenoxy) is 1. The number of likely N-dealkylation sites (tertiary alicyclic amines) is 1. The summed E-state index contributed by atoms with van der Waals surface area (Å²) in [6.07, 6.45) is 7.63. The summed E-state index contributed by atoms with van der Waals surface area (Å²) < 4.78 is 5.55. The summed E-state index contributed by atoms with van der Waals surface area (Å²) in [5, 5.41) is 3.67. The van der Waals surface area contributed by atoms with Crippen LogP contribution in [0.1, 0.15) is 66.2 Å². The first-order valence-electron chi connectivity index (χ1n) is 11.2. The Hall–Kier alpha value is -1.46. The molecule has 0 radical (unpaired) electrons. The first-order chi connectivity index (χ1) is 13.3. The molecule has 1 amide bonds. The Morgan fingerprint density at radius 3 is 2.32 bits per heavy atom. The maximum Gasteiger partial charge on any atom is 0.410 e. The standard InChI is InChI=1S/C22H40N4O2/c1-6-25(20(27)28-21(2,3)4)15-17-9-13-26(14-10-17)19(23-5)24-16-22(11-12-22)18-7-8-18/h17-18H,6-16H2,1-5H3,(H,23,24). The minimum absolute atomic E-state index is 0.190. The van der Waals surface area contributed by atoms with Gasteiger partial charge < -0.3 is 19.9 Å². The van der Waals surface area contributed by atoms with Crippen LogP contribution < -0.4 is 5.32 Å². The number of hydrogen-bond acceptors (Lipinski definition) is 3. The highest BCUT2D eigenvalue weighted by Gasteiger charge is 2.53. The van der Waals surface area contributed by atoms with Crippen LogP contribution >= 0.6 is 0 Å². The summed E-state index contributed by atoms with van der Waals surface area (Å²) in [6.45, 7) is 12.4. The van der Waals surface area contributed by atoms with Gasteiger partial charge >= 0.3 is 6.09 Å². The van der Waals surface area contributed by atoms with Gasteiger partial charge in [-0.1, -0.05) is 0 Å². The molecule has 0 atom stereocenters. The van der Waals surface area contributed by atoms with Crippen molar-refractivity contribution in [2.45, 2.75) is 71.8 Å². The number of carbonyl (C=O) groups is 1. The minimum atomic E-state index is -0.439. The number of nitrogens with one attached hydrogen (secondary N) is 1. The Morgan fingerprint density at radius 1 is 1.21 bits per heavy atom. The summed E-state index contributed by atoms with van der Waals surface area (Å²) in [6, 6.07) is 0. The number of guanidine groups is 1. The quantitative estimate of drug-likeness (QED) is 0.553. The molecule has 3 rings (SSSR count). The number of rotatable bonds is 6. The topological polar surface area (TPSA) is 57.2 Å². The van der Waals surface area contributed by atoms with Crippen LogP contribution in [0.4, 0.5) is 4.79 Å². The Balaban J connectivity index is 1.43. The zero-order valence-corrected chi connectivity index (χ0v) is 18.6. The van der Waals surface area contributed by atoms with Gasteiger partial charge in [-0.3, -0.25) is 4.99 Å². The van der Waals surface area contributed by atoms with Gasteiger partial charge in [0.25, 0.3) is 0 Å². The second-order valence-corrected chi connectivity index (χ2v) is 9.99. The Kier molecular flexibility index (Phi) is 6.45. The first-order valence-corrected chi connectivity index (χ1v) is 11.2. The minimum Gasteiger partial charge on any atom is -0.444 e. The molecule has 0 bridgehead atoms. The van der Waals surface area contributed by atoms with E-state index in [9.17, 15) is 4.79 Å². The Morgan fingerprint density at radius 2 is 1.86 bits per heavy atom. The SMILES string of the molecule is CCN(CC1CCN(C(=NC)NCC2(C3CC3)CC2)CC1)C(=O)OC(C)(C)C. The summed E-state index contributed by atoms with van der Waals surface area (Å²) in [4.78, 5) is 21.2. The smallest absolute Gasteiger partial charge is 0.410 e. The monoisotopic (exact) mass is 392 g/mol. The molecule has 2 aliphatic carbocycles. The Labute approximate surface area is 171 Å². The van der Waals surface area contributed by atoms with E-state index in [2.05, 4.69) is 15.2 Å². The number of amides is 1. The normalized spacial score (nSPS) is 22.8. The van der Waals surface area contributed by atoms with Crippen molar-refractivity contribution in [2.75, 3.05) is 39.8 Å². The van der Waals surface area contributed by atoms with Gasteiger partial charge in [0.2, 0.25) is 0 Å². The summed E-state index contributed by atoms with van der Waals surface area (Å²) in [7, 11) is 1.90. The first kappa shape index (κ1) is 21.3. The lowest BCUT2D eigenvalue weighted by molar-refractivity contribution is 0.0214. The molecule has 0 spiro atoms. The van der Waals surface area contributed by atoms with Crippen molar-refractivity contribution in [1.29, 1.82) is 0 Å². The fraction of sp³-hybridized carbons (Fsp3) is 0.909. The molecule has 1 N–H and O–H groups in total. The van der Waals surface area contributed by atoms with E-state index in [4.69, 9.17) is 4.74 Å². The van der Waals surface area contributed by atoms with Crippen molar-refractivity contribution in [3.8, 4) is 0 Å². The molecule has 6 heteroatoms. The van der Waals surface area contributed by atoms with E-state index in [1.807, 2.05) is 39.6 Å². The van der Waals surface area contributed by atoms with E-state index in [0.717, 1.165) is 50.9 Å². The maximum absolute atomic E-state index is 12.4. The molecule has 2 saturated carbocycles. The summed E-state index contributed by atoms with van der Waals surface area (Å²) in [5.74, 6) is 2.56. The van der Waals surface area contributed by atoms with Crippen molar-refractivity contribution in [3.05, 3.63) is 0 Å². The molecule has 1 aliphatic heterocycles. The predicted molar refractivity (Wildman–Crippen MR) is 114 cm³/mol. The molecule has 28 heavy (non-hydrogen) atoms. The fourth-order valence-electron chi connectivity index (χ4n) is 4.47. The third kappa shape index (κ3) is 5.54. The van der Waals surface area contributed by atoms with Gasteiger partial charge in [0.05, 0.1) is 0 Å². The van der Waals surface area contributed by atoms with Crippen LogP contribution in [0.2, 0.25) is 0 Å². The van der Waals surface area contributed by atoms with Gasteiger partial charge in [-0.2, -0.15) is 0 Å². The van der Waals surface area contributed by atoms with Gasteiger partial charge in [-0.25, -0.2) is 4.79 Å². The molecule has 0 unspecified atom stereocenters. The highest BCUT2D eigenvalue weighted by Crippen LogP contribution is 2.60. The lowest BCUT2D eigenvalue weighted by Gasteiger charge is -2.37. The van der Waals surface area contributed by atoms with Crippen molar-refractivity contribution in [3.63, 3.8) is 0 Å². The lowest BCUT2D eigenvalue weighted by atomic mass is 9.96. The zero-order valence-electron chi connectivity index (χ0n) is 18.6. The van der Waals surface area contributed by atoms with Crippen LogP contribution in [0.3, 0.4) is 0 Å². The fourth-order valence-corrected chi connectivity index (χ4v) is 4.47. The number of hydrogen-bond donors (Lipinski definition) is 1. The van der Waals surface area contributed by atoms with Crippen molar-refractivity contribution < 1.29 is 9.53 Å². The molecule has 0 aromatic heterocycles. The van der Waals surface area contributed by atoms with E-state index >= 15 is 0 Å². The molecular weight excluding hydrogens is 352 g/mol. The summed E-state index contributed by atoms with van der Waals surface area (Å²) in [5.41, 5.74) is 0.148. The molecule has 0 aromatic carbocycles. The molecule has 160 valence electrons. The van der Waals surface area contributed by atoms with Crippen LogP contribution in [-0.4, -0.2) is 67.2 Å². The van der Waals surface area contributed by atoms with Crippen molar-refractivity contribution >= 4 is 12.1 Å². The third-order valence-electron chi connectivity index (χ3n) is 6.57. The largest absolute Gasteiger partial charge is 0.444 e. The van der Waals surface area contributed by atoms with Crippen LogP contribution in [0, 0.1) is 17.3 Å².